The van der Waals surface area contributed by atoms with Gasteiger partial charge in [0.1, 0.15) is 5.82 Å². The Bertz CT molecular complexity index is 647. The zero-order valence-corrected chi connectivity index (χ0v) is 13.2. The lowest BCUT2D eigenvalue weighted by Crippen LogP contribution is -2.36. The number of urea groups is 1. The highest BCUT2D eigenvalue weighted by Gasteiger charge is 2.13. The van der Waals surface area contributed by atoms with Gasteiger partial charge in [0, 0.05) is 16.1 Å². The maximum absolute atomic E-state index is 13.0. The summed E-state index contributed by atoms with van der Waals surface area (Å²) in [6, 6.07) is 3.48. The number of hydrogen-bond acceptors (Lipinski definition) is 3. The van der Waals surface area contributed by atoms with Crippen molar-refractivity contribution >= 4 is 29.0 Å². The van der Waals surface area contributed by atoms with Gasteiger partial charge in [-0.05, 0) is 31.5 Å². The molecule has 112 valence electrons. The van der Waals surface area contributed by atoms with Gasteiger partial charge in [0.15, 0.2) is 0 Å². The highest BCUT2D eigenvalue weighted by Crippen LogP contribution is 2.23. The highest BCUT2D eigenvalue weighted by atomic mass is 35.5. The molecule has 0 fully saturated rings. The van der Waals surface area contributed by atoms with E-state index < -0.39 is 5.82 Å². The average Bonchev–Trinajstić information content (AvgIpc) is 2.82. The first-order valence-corrected chi connectivity index (χ1v) is 7.56. The number of nitrogens with zero attached hydrogens (tertiary/aromatic N) is 1. The molecule has 0 saturated carbocycles. The van der Waals surface area contributed by atoms with Gasteiger partial charge in [-0.2, -0.15) is 0 Å². The van der Waals surface area contributed by atoms with Gasteiger partial charge in [-0.25, -0.2) is 14.2 Å². The summed E-state index contributed by atoms with van der Waals surface area (Å²) in [5, 5.41) is 6.76. The third-order valence-electron chi connectivity index (χ3n) is 2.87. The molecule has 1 heterocycles. The number of nitrogens with one attached hydrogen (secondary N) is 2. The number of benzene rings is 1. The summed E-state index contributed by atoms with van der Waals surface area (Å²) in [5.74, 6) is -0.402. The monoisotopic (exact) mass is 327 g/mol. The molecule has 21 heavy (non-hydrogen) atoms. The van der Waals surface area contributed by atoms with Gasteiger partial charge in [0.2, 0.25) is 0 Å². The molecule has 2 amide bonds. The summed E-state index contributed by atoms with van der Waals surface area (Å²) in [5.41, 5.74) is 0.668. The normalized spacial score (nSPS) is 12.0. The number of carbonyl (C=O) groups excluding carboxylic acids is 1. The molecular formula is C14H15ClFN3OS. The van der Waals surface area contributed by atoms with Crippen molar-refractivity contribution < 1.29 is 9.18 Å². The van der Waals surface area contributed by atoms with Crippen LogP contribution in [-0.4, -0.2) is 11.0 Å². The molecule has 0 aliphatic rings. The van der Waals surface area contributed by atoms with Gasteiger partial charge >= 0.3 is 6.03 Å². The van der Waals surface area contributed by atoms with Crippen molar-refractivity contribution in [2.24, 2.45) is 0 Å². The maximum Gasteiger partial charge on any atom is 0.315 e. The largest absolute Gasteiger partial charge is 0.333 e. The van der Waals surface area contributed by atoms with Crippen molar-refractivity contribution in [3.05, 3.63) is 50.7 Å². The lowest BCUT2D eigenvalue weighted by Gasteiger charge is -2.16. The van der Waals surface area contributed by atoms with E-state index in [1.807, 2.05) is 6.92 Å². The predicted octanol–water partition coefficient (Wildman–Crippen LogP) is 3.80. The molecule has 2 rings (SSSR count). The Kier molecular flexibility index (Phi) is 5.14. The van der Waals surface area contributed by atoms with E-state index in [0.29, 0.717) is 17.1 Å². The second-order valence-electron chi connectivity index (χ2n) is 4.56. The number of halogens is 2. The second kappa shape index (κ2) is 6.87. The molecule has 2 aromatic rings. The van der Waals surface area contributed by atoms with Crippen LogP contribution in [0.3, 0.4) is 0 Å². The van der Waals surface area contributed by atoms with Crippen molar-refractivity contribution in [2.75, 3.05) is 0 Å². The first-order valence-electron chi connectivity index (χ1n) is 6.36. The lowest BCUT2D eigenvalue weighted by atomic mass is 10.1. The number of aryl methyl sites for hydroxylation is 1. The van der Waals surface area contributed by atoms with Crippen LogP contribution in [0.5, 0.6) is 0 Å². The molecule has 4 nitrogen and oxygen atoms in total. The highest BCUT2D eigenvalue weighted by molar-refractivity contribution is 7.11. The fourth-order valence-electron chi connectivity index (χ4n) is 1.83. The Morgan fingerprint density at radius 2 is 2.29 bits per heavy atom. The second-order valence-corrected chi connectivity index (χ2v) is 6.29. The van der Waals surface area contributed by atoms with Crippen LogP contribution in [0.25, 0.3) is 0 Å². The van der Waals surface area contributed by atoms with Crippen molar-refractivity contribution in [3.8, 4) is 0 Å². The standard InChI is InChI=1S/C14H15ClFN3OS/c1-8(12-4-3-10(16)5-13(12)15)19-14(20)18-7-11-6-17-9(2)21-11/h3-6,8H,7H2,1-2H3,(H2,18,19,20)/t8-/m1/s1. The van der Waals surface area contributed by atoms with E-state index in [1.54, 1.807) is 19.2 Å². The number of thiazole rings is 1. The summed E-state index contributed by atoms with van der Waals surface area (Å²) < 4.78 is 13.0. The van der Waals surface area contributed by atoms with Crippen LogP contribution < -0.4 is 10.6 Å². The van der Waals surface area contributed by atoms with Gasteiger partial charge in [0.25, 0.3) is 0 Å². The molecule has 1 aromatic heterocycles. The molecular weight excluding hydrogens is 313 g/mol. The van der Waals surface area contributed by atoms with Gasteiger partial charge in [-0.15, -0.1) is 11.3 Å². The van der Waals surface area contributed by atoms with Crippen LogP contribution in [-0.2, 0) is 6.54 Å². The van der Waals surface area contributed by atoms with Gasteiger partial charge < -0.3 is 10.6 Å². The van der Waals surface area contributed by atoms with Crippen molar-refractivity contribution in [1.82, 2.24) is 15.6 Å². The summed E-state index contributed by atoms with van der Waals surface area (Å²) in [6.07, 6.45) is 1.74. The first kappa shape index (κ1) is 15.7. The van der Waals surface area contributed by atoms with Crippen molar-refractivity contribution in [1.29, 1.82) is 0 Å². The Balaban J connectivity index is 1.89. The molecule has 7 heteroatoms. The minimum atomic E-state index is -0.402. The average molecular weight is 328 g/mol. The molecule has 0 radical (unpaired) electrons. The summed E-state index contributed by atoms with van der Waals surface area (Å²) in [7, 11) is 0. The third kappa shape index (κ3) is 4.41. The van der Waals surface area contributed by atoms with Crippen LogP contribution >= 0.6 is 22.9 Å². The molecule has 0 spiro atoms. The summed E-state index contributed by atoms with van der Waals surface area (Å²) >= 11 is 7.50. The fraction of sp³-hybridized carbons (Fsp3) is 0.286. The topological polar surface area (TPSA) is 54.0 Å². The molecule has 0 aliphatic heterocycles. The number of rotatable bonds is 4. The summed E-state index contributed by atoms with van der Waals surface area (Å²) in [4.78, 5) is 16.9. The number of carbonyl (C=O) groups is 1. The predicted molar refractivity (Wildman–Crippen MR) is 82.0 cm³/mol. The van der Waals surface area contributed by atoms with E-state index in [9.17, 15) is 9.18 Å². The number of hydrogen-bond donors (Lipinski definition) is 2. The van der Waals surface area contributed by atoms with Crippen LogP contribution in [0.1, 0.15) is 28.4 Å². The Morgan fingerprint density at radius 1 is 1.52 bits per heavy atom. The minimum absolute atomic E-state index is 0.292. The zero-order valence-electron chi connectivity index (χ0n) is 11.6. The third-order valence-corrected chi connectivity index (χ3v) is 4.11. The Hall–Kier alpha value is -1.66. The molecule has 0 unspecified atom stereocenters. The zero-order chi connectivity index (χ0) is 15.4. The molecule has 0 bridgehead atoms. The van der Waals surface area contributed by atoms with E-state index in [4.69, 9.17) is 11.6 Å². The minimum Gasteiger partial charge on any atom is -0.333 e. The van der Waals surface area contributed by atoms with Gasteiger partial charge in [-0.1, -0.05) is 17.7 Å². The van der Waals surface area contributed by atoms with Crippen LogP contribution in [0.4, 0.5) is 9.18 Å². The molecule has 0 aliphatic carbocycles. The van der Waals surface area contributed by atoms with E-state index >= 15 is 0 Å². The first-order chi connectivity index (χ1) is 9.95. The lowest BCUT2D eigenvalue weighted by molar-refractivity contribution is 0.237. The molecule has 1 aromatic carbocycles. The number of aromatic nitrogens is 1. The van der Waals surface area contributed by atoms with E-state index in [1.165, 1.54) is 23.5 Å². The van der Waals surface area contributed by atoms with Crippen molar-refractivity contribution in [2.45, 2.75) is 26.4 Å². The number of amides is 2. The quantitative estimate of drug-likeness (QED) is 0.897. The Morgan fingerprint density at radius 3 is 2.90 bits per heavy atom. The van der Waals surface area contributed by atoms with Crippen molar-refractivity contribution in [3.63, 3.8) is 0 Å². The molecule has 1 atom stereocenters. The van der Waals surface area contributed by atoms with Crippen LogP contribution in [0.2, 0.25) is 5.02 Å². The molecule has 0 saturated heterocycles. The van der Waals surface area contributed by atoms with Gasteiger partial charge in [-0.3, -0.25) is 0 Å². The van der Waals surface area contributed by atoms with E-state index in [-0.39, 0.29) is 12.1 Å². The summed E-state index contributed by atoms with van der Waals surface area (Å²) in [6.45, 7) is 4.11. The Labute approximate surface area is 131 Å². The maximum atomic E-state index is 13.0. The van der Waals surface area contributed by atoms with Crippen LogP contribution in [0, 0.1) is 12.7 Å². The molecule has 2 N–H and O–H groups in total. The fourth-order valence-corrected chi connectivity index (χ4v) is 2.90. The smallest absolute Gasteiger partial charge is 0.315 e. The van der Waals surface area contributed by atoms with E-state index in [2.05, 4.69) is 15.6 Å². The SMILES string of the molecule is Cc1ncc(CNC(=O)N[C@H](C)c2ccc(F)cc2Cl)s1. The van der Waals surface area contributed by atoms with Gasteiger partial charge in [0.05, 0.1) is 17.6 Å². The van der Waals surface area contributed by atoms with Crippen LogP contribution in [0.15, 0.2) is 24.4 Å². The van der Waals surface area contributed by atoms with E-state index in [0.717, 1.165) is 9.88 Å².